The van der Waals surface area contributed by atoms with Gasteiger partial charge < -0.3 is 24.9 Å². The van der Waals surface area contributed by atoms with E-state index in [-0.39, 0.29) is 12.6 Å². The average molecular weight is 435 g/mol. The third-order valence-corrected chi connectivity index (χ3v) is 6.30. The molecule has 0 aliphatic carbocycles. The van der Waals surface area contributed by atoms with E-state index < -0.39 is 5.60 Å². The molecule has 3 heterocycles. The summed E-state index contributed by atoms with van der Waals surface area (Å²) in [6, 6.07) is 6.43. The van der Waals surface area contributed by atoms with Gasteiger partial charge in [-0.25, -0.2) is 4.99 Å². The number of thiophene rings is 1. The van der Waals surface area contributed by atoms with E-state index >= 15 is 0 Å². The van der Waals surface area contributed by atoms with Crippen molar-refractivity contribution in [3.63, 3.8) is 0 Å². The molecule has 3 N–H and O–H groups in total. The molecule has 2 aromatic heterocycles. The minimum absolute atomic E-state index is 0.239. The summed E-state index contributed by atoms with van der Waals surface area (Å²) in [5, 5.41) is 19.9. The number of aliphatic imine (C=N–C) groups is 1. The highest BCUT2D eigenvalue weighted by molar-refractivity contribution is 7.10. The fraction of sp³-hybridized carbons (Fsp3) is 0.591. The van der Waals surface area contributed by atoms with E-state index in [1.165, 1.54) is 4.88 Å². The third-order valence-electron chi connectivity index (χ3n) is 5.33. The zero-order valence-electron chi connectivity index (χ0n) is 18.4. The summed E-state index contributed by atoms with van der Waals surface area (Å²) in [7, 11) is 0. The quantitative estimate of drug-likeness (QED) is 0.438. The van der Waals surface area contributed by atoms with Gasteiger partial charge in [-0.15, -0.1) is 11.3 Å². The predicted octanol–water partition coefficient (Wildman–Crippen LogP) is 2.79. The van der Waals surface area contributed by atoms with Gasteiger partial charge in [0.25, 0.3) is 0 Å². The Bertz CT molecular complexity index is 810. The molecule has 0 amide bonds. The number of aryl methyl sites for hydroxylation is 2. The van der Waals surface area contributed by atoms with Gasteiger partial charge in [-0.1, -0.05) is 6.07 Å². The monoisotopic (exact) mass is 434 g/mol. The lowest BCUT2D eigenvalue weighted by Gasteiger charge is -2.34. The van der Waals surface area contributed by atoms with Crippen molar-refractivity contribution in [1.29, 1.82) is 0 Å². The first-order valence-electron chi connectivity index (χ1n) is 10.6. The van der Waals surface area contributed by atoms with E-state index in [1.54, 1.807) is 18.3 Å². The van der Waals surface area contributed by atoms with Gasteiger partial charge in [0.05, 0.1) is 25.8 Å². The highest BCUT2D eigenvalue weighted by Gasteiger charge is 2.28. The molecule has 0 bridgehead atoms. The first-order valence-corrected chi connectivity index (χ1v) is 11.5. The van der Waals surface area contributed by atoms with Gasteiger partial charge in [0.2, 0.25) is 0 Å². The summed E-state index contributed by atoms with van der Waals surface area (Å²) < 4.78 is 11.1. The zero-order chi connectivity index (χ0) is 21.6. The summed E-state index contributed by atoms with van der Waals surface area (Å²) in [5.41, 5.74) is -0.314. The highest BCUT2D eigenvalue weighted by Crippen LogP contribution is 2.28. The van der Waals surface area contributed by atoms with Crippen LogP contribution in [0.15, 0.2) is 33.0 Å². The van der Waals surface area contributed by atoms with E-state index in [0.29, 0.717) is 5.96 Å². The van der Waals surface area contributed by atoms with Crippen molar-refractivity contribution in [2.75, 3.05) is 45.9 Å². The van der Waals surface area contributed by atoms with Crippen molar-refractivity contribution >= 4 is 17.3 Å². The van der Waals surface area contributed by atoms with E-state index in [2.05, 4.69) is 38.0 Å². The number of nitrogens with zero attached hydrogens (tertiary/aromatic N) is 2. The van der Waals surface area contributed by atoms with Crippen molar-refractivity contribution < 1.29 is 14.3 Å². The minimum Gasteiger partial charge on any atom is -0.466 e. The Kier molecular flexibility index (Phi) is 7.93. The molecule has 1 aliphatic heterocycles. The van der Waals surface area contributed by atoms with E-state index in [1.807, 2.05) is 26.8 Å². The van der Waals surface area contributed by atoms with Crippen LogP contribution >= 0.6 is 11.3 Å². The maximum Gasteiger partial charge on any atom is 0.191 e. The van der Waals surface area contributed by atoms with Crippen molar-refractivity contribution in [3.05, 3.63) is 45.5 Å². The van der Waals surface area contributed by atoms with Gasteiger partial charge in [-0.05, 0) is 45.2 Å². The van der Waals surface area contributed by atoms with Gasteiger partial charge in [0.1, 0.15) is 17.1 Å². The van der Waals surface area contributed by atoms with Crippen LogP contribution in [0.4, 0.5) is 0 Å². The van der Waals surface area contributed by atoms with Crippen LogP contribution in [0.25, 0.3) is 0 Å². The molecule has 3 rings (SSSR count). The van der Waals surface area contributed by atoms with Crippen LogP contribution in [0.3, 0.4) is 0 Å². The molecule has 1 aliphatic rings. The fourth-order valence-electron chi connectivity index (χ4n) is 3.80. The summed E-state index contributed by atoms with van der Waals surface area (Å²) in [6.07, 6.45) is 0. The molecule has 8 heteroatoms. The Labute approximate surface area is 183 Å². The van der Waals surface area contributed by atoms with Crippen LogP contribution in [0.5, 0.6) is 0 Å². The summed E-state index contributed by atoms with van der Waals surface area (Å²) in [4.78, 5) is 8.46. The number of furan rings is 1. The van der Waals surface area contributed by atoms with Gasteiger partial charge >= 0.3 is 0 Å². The number of morpholine rings is 1. The molecular formula is C22H34N4O3S. The molecule has 0 saturated carbocycles. The second-order valence-electron chi connectivity index (χ2n) is 7.86. The lowest BCUT2D eigenvalue weighted by Crippen LogP contribution is -2.46. The fourth-order valence-corrected chi connectivity index (χ4v) is 4.66. The lowest BCUT2D eigenvalue weighted by molar-refractivity contribution is 0.0177. The van der Waals surface area contributed by atoms with Crippen LogP contribution < -0.4 is 10.6 Å². The maximum atomic E-state index is 11.0. The molecule has 7 nitrogen and oxygen atoms in total. The molecule has 1 saturated heterocycles. The van der Waals surface area contributed by atoms with Crippen LogP contribution in [0.2, 0.25) is 0 Å². The molecule has 1 fully saturated rings. The lowest BCUT2D eigenvalue weighted by atomic mass is 9.96. The molecule has 30 heavy (non-hydrogen) atoms. The second-order valence-corrected chi connectivity index (χ2v) is 8.84. The number of ether oxygens (including phenoxy) is 1. The molecule has 2 atom stereocenters. The molecule has 166 valence electrons. The minimum atomic E-state index is -1.10. The summed E-state index contributed by atoms with van der Waals surface area (Å²) >= 11 is 1.78. The number of hydrogen-bond donors (Lipinski definition) is 3. The smallest absolute Gasteiger partial charge is 0.191 e. The van der Waals surface area contributed by atoms with Crippen LogP contribution in [0, 0.1) is 13.8 Å². The van der Waals surface area contributed by atoms with E-state index in [4.69, 9.17) is 9.15 Å². The SMILES string of the molecule is CCNC(=NCC(C)(O)c1cc(C)oc1C)NCC(c1cccs1)N1CCOCC1. The Hall–Kier alpha value is -1.87. The Morgan fingerprint density at radius 1 is 1.33 bits per heavy atom. The van der Waals surface area contributed by atoms with Gasteiger partial charge in [0.15, 0.2) is 5.96 Å². The van der Waals surface area contributed by atoms with Crippen molar-refractivity contribution in [3.8, 4) is 0 Å². The van der Waals surface area contributed by atoms with Gasteiger partial charge in [0, 0.05) is 36.6 Å². The van der Waals surface area contributed by atoms with Crippen molar-refractivity contribution in [2.24, 2.45) is 4.99 Å². The van der Waals surface area contributed by atoms with Gasteiger partial charge in [-0.2, -0.15) is 0 Å². The molecule has 0 radical (unpaired) electrons. The summed E-state index contributed by atoms with van der Waals surface area (Å²) in [6.45, 7) is 12.7. The van der Waals surface area contributed by atoms with Crippen molar-refractivity contribution in [1.82, 2.24) is 15.5 Å². The van der Waals surface area contributed by atoms with E-state index in [0.717, 1.165) is 56.5 Å². The molecule has 2 aromatic rings. The average Bonchev–Trinajstić information content (AvgIpc) is 3.37. The van der Waals surface area contributed by atoms with E-state index in [9.17, 15) is 5.11 Å². The molecule has 0 aromatic carbocycles. The first kappa shape index (κ1) is 22.8. The maximum absolute atomic E-state index is 11.0. The molecular weight excluding hydrogens is 400 g/mol. The number of hydrogen-bond acceptors (Lipinski definition) is 6. The number of aliphatic hydroxyl groups is 1. The number of nitrogens with one attached hydrogen (secondary N) is 2. The zero-order valence-corrected chi connectivity index (χ0v) is 19.2. The van der Waals surface area contributed by atoms with Crippen LogP contribution in [0.1, 0.15) is 41.9 Å². The highest BCUT2D eigenvalue weighted by atomic mass is 32.1. The molecule has 2 unspecified atom stereocenters. The Balaban J connectivity index is 1.69. The van der Waals surface area contributed by atoms with Crippen molar-refractivity contribution in [2.45, 2.75) is 39.3 Å². The normalized spacial score (nSPS) is 18.8. The van der Waals surface area contributed by atoms with Crippen LogP contribution in [-0.2, 0) is 10.3 Å². The number of rotatable bonds is 8. The number of guanidine groups is 1. The molecule has 0 spiro atoms. The Morgan fingerprint density at radius 2 is 2.10 bits per heavy atom. The summed E-state index contributed by atoms with van der Waals surface area (Å²) in [5.74, 6) is 2.22. The topological polar surface area (TPSA) is 82.3 Å². The van der Waals surface area contributed by atoms with Gasteiger partial charge in [-0.3, -0.25) is 4.90 Å². The third kappa shape index (κ3) is 5.85. The first-order chi connectivity index (χ1) is 14.4. The second kappa shape index (κ2) is 10.4. The standard InChI is InChI=1S/C22H34N4O3S/c1-5-23-21(25-15-22(4,27)18-13-16(2)29-17(18)3)24-14-19(20-7-6-12-30-20)26-8-10-28-11-9-26/h6-7,12-13,19,27H,5,8-11,14-15H2,1-4H3,(H2,23,24,25). The van der Waals surface area contributed by atoms with Crippen LogP contribution in [-0.4, -0.2) is 61.9 Å². The largest absolute Gasteiger partial charge is 0.466 e. The Morgan fingerprint density at radius 3 is 2.70 bits per heavy atom. The predicted molar refractivity (Wildman–Crippen MR) is 121 cm³/mol.